The first-order chi connectivity index (χ1) is 14.9. The van der Waals surface area contributed by atoms with Crippen LogP contribution in [0.2, 0.25) is 0 Å². The van der Waals surface area contributed by atoms with E-state index in [-0.39, 0.29) is 42.9 Å². The van der Waals surface area contributed by atoms with Crippen LogP contribution in [0.3, 0.4) is 0 Å². The van der Waals surface area contributed by atoms with E-state index in [0.717, 1.165) is 11.8 Å². The first-order valence-electron chi connectivity index (χ1n) is 9.68. The molecule has 2 aromatic rings. The second-order valence-electron chi connectivity index (χ2n) is 6.70. The van der Waals surface area contributed by atoms with Crippen molar-refractivity contribution in [1.29, 1.82) is 0 Å². The first kappa shape index (κ1) is 22.5. The third-order valence-corrected chi connectivity index (χ3v) is 5.76. The molecule has 1 fully saturated rings. The lowest BCUT2D eigenvalue weighted by atomic mass is 10.1. The lowest BCUT2D eigenvalue weighted by Crippen LogP contribution is -2.45. The van der Waals surface area contributed by atoms with Crippen LogP contribution in [-0.4, -0.2) is 51.4 Å². The predicted octanol–water partition coefficient (Wildman–Crippen LogP) is 3.65. The van der Waals surface area contributed by atoms with Crippen LogP contribution in [-0.2, 0) is 20.7 Å². The lowest BCUT2D eigenvalue weighted by molar-refractivity contribution is -0.139. The number of amidine groups is 1. The van der Waals surface area contributed by atoms with E-state index in [9.17, 15) is 23.9 Å². The highest BCUT2D eigenvalue weighted by Gasteiger charge is 2.35. The van der Waals surface area contributed by atoms with Crippen molar-refractivity contribution < 1.29 is 28.6 Å². The number of thioether (sulfide) groups is 1. The van der Waals surface area contributed by atoms with Crippen LogP contribution < -0.4 is 0 Å². The van der Waals surface area contributed by atoms with Gasteiger partial charge in [0.25, 0.3) is 0 Å². The zero-order valence-electron chi connectivity index (χ0n) is 16.8. The van der Waals surface area contributed by atoms with Gasteiger partial charge in [-0.2, -0.15) is 0 Å². The Balaban J connectivity index is 1.84. The Morgan fingerprint density at radius 1 is 1.23 bits per heavy atom. The molecular formula is C22H21FN2O5S. The van der Waals surface area contributed by atoms with Crippen LogP contribution >= 0.6 is 11.8 Å². The molecule has 0 saturated carbocycles. The molecule has 7 nitrogen and oxygen atoms in total. The molecule has 2 aromatic carbocycles. The molecule has 1 aliphatic heterocycles. The van der Waals surface area contributed by atoms with Gasteiger partial charge >= 0.3 is 11.9 Å². The van der Waals surface area contributed by atoms with E-state index < -0.39 is 17.2 Å². The molecule has 9 heteroatoms. The smallest absolute Gasteiger partial charge is 0.338 e. The number of aliphatic imine (C=N–C) groups is 1. The average molecular weight is 444 g/mol. The van der Waals surface area contributed by atoms with Gasteiger partial charge in [-0.1, -0.05) is 30.0 Å². The zero-order chi connectivity index (χ0) is 22.4. The number of carboxylic acids is 1. The van der Waals surface area contributed by atoms with Crippen LogP contribution in [0.1, 0.15) is 29.3 Å². The van der Waals surface area contributed by atoms with E-state index in [1.807, 2.05) is 0 Å². The Hall–Kier alpha value is -3.20. The molecule has 1 heterocycles. The predicted molar refractivity (Wildman–Crippen MR) is 115 cm³/mol. The van der Waals surface area contributed by atoms with Gasteiger partial charge in [-0.05, 0) is 49.2 Å². The van der Waals surface area contributed by atoms with E-state index in [2.05, 4.69) is 4.99 Å². The monoisotopic (exact) mass is 444 g/mol. The quantitative estimate of drug-likeness (QED) is 0.655. The van der Waals surface area contributed by atoms with Gasteiger partial charge in [0.05, 0.1) is 24.3 Å². The molecule has 0 spiro atoms. The second kappa shape index (κ2) is 10.2. The molecule has 1 atom stereocenters. The van der Waals surface area contributed by atoms with Crippen molar-refractivity contribution in [3.05, 3.63) is 65.5 Å². The lowest BCUT2D eigenvalue weighted by Gasteiger charge is -2.30. The number of halogens is 1. The molecule has 0 unspecified atom stereocenters. The van der Waals surface area contributed by atoms with Gasteiger partial charge in [0.1, 0.15) is 11.1 Å². The highest BCUT2D eigenvalue weighted by molar-refractivity contribution is 8.15. The fourth-order valence-corrected chi connectivity index (χ4v) is 4.04. The molecular weight excluding hydrogens is 423 g/mol. The average Bonchev–Trinajstić information content (AvgIpc) is 2.74. The summed E-state index contributed by atoms with van der Waals surface area (Å²) in [6, 6.07) is 12.6. The number of esters is 1. The van der Waals surface area contributed by atoms with E-state index in [1.165, 1.54) is 11.0 Å². The van der Waals surface area contributed by atoms with Gasteiger partial charge in [-0.25, -0.2) is 14.2 Å². The number of carbonyl (C=O) groups is 3. The topological polar surface area (TPSA) is 96.3 Å². The van der Waals surface area contributed by atoms with Crippen molar-refractivity contribution in [2.45, 2.75) is 25.0 Å². The number of carbonyl (C=O) groups excluding carboxylic acids is 2. The molecule has 1 N–H and O–H groups in total. The summed E-state index contributed by atoms with van der Waals surface area (Å²) in [5.41, 5.74) is 1.27. The van der Waals surface area contributed by atoms with Crippen molar-refractivity contribution in [3.63, 3.8) is 0 Å². The van der Waals surface area contributed by atoms with Crippen molar-refractivity contribution in [3.8, 4) is 0 Å². The zero-order valence-corrected chi connectivity index (χ0v) is 17.6. The van der Waals surface area contributed by atoms with Crippen LogP contribution in [0.15, 0.2) is 53.5 Å². The maximum atomic E-state index is 14.0. The third-order valence-electron chi connectivity index (χ3n) is 4.58. The Morgan fingerprint density at radius 3 is 2.58 bits per heavy atom. The first-order valence-corrected chi connectivity index (χ1v) is 10.6. The second-order valence-corrected chi connectivity index (χ2v) is 7.87. The minimum absolute atomic E-state index is 0.166. The Bertz CT molecular complexity index is 1010. The highest BCUT2D eigenvalue weighted by Crippen LogP contribution is 2.29. The fourth-order valence-electron chi connectivity index (χ4n) is 2.98. The van der Waals surface area contributed by atoms with E-state index in [1.54, 1.807) is 49.4 Å². The van der Waals surface area contributed by atoms with Crippen molar-refractivity contribution in [1.82, 2.24) is 4.90 Å². The van der Waals surface area contributed by atoms with E-state index in [0.29, 0.717) is 16.8 Å². The maximum absolute atomic E-state index is 14.0. The molecule has 0 aromatic heterocycles. The largest absolute Gasteiger partial charge is 0.480 e. The molecule has 3 rings (SSSR count). The van der Waals surface area contributed by atoms with Gasteiger partial charge in [-0.15, -0.1) is 0 Å². The normalized spacial score (nSPS) is 17.6. The number of carboxylic acid groups (broad SMARTS) is 1. The summed E-state index contributed by atoms with van der Waals surface area (Å²) < 4.78 is 18.9. The van der Waals surface area contributed by atoms with Crippen LogP contribution in [0.25, 0.3) is 0 Å². The summed E-state index contributed by atoms with van der Waals surface area (Å²) in [5, 5.41) is 8.65. The molecule has 0 bridgehead atoms. The standard InChI is InChI=1S/C22H21FN2O5S/c1-2-30-21(29)15-7-9-16(10-8-15)24-22-25(19(26)13-18(31-22)20(27)28)12-11-14-5-3-4-6-17(14)23/h3-10,18H,2,11-13H2,1H3,(H,27,28)/t18-/m1/s1. The number of nitrogens with zero attached hydrogens (tertiary/aromatic N) is 2. The molecule has 0 radical (unpaired) electrons. The van der Waals surface area contributed by atoms with E-state index >= 15 is 0 Å². The van der Waals surface area contributed by atoms with E-state index in [4.69, 9.17) is 4.74 Å². The number of hydrogen-bond donors (Lipinski definition) is 1. The maximum Gasteiger partial charge on any atom is 0.338 e. The van der Waals surface area contributed by atoms with Gasteiger partial charge in [0.15, 0.2) is 5.17 Å². The molecule has 1 amide bonds. The minimum atomic E-state index is -1.10. The third kappa shape index (κ3) is 5.69. The molecule has 0 aliphatic carbocycles. The Labute approximate surface area is 182 Å². The van der Waals surface area contributed by atoms with Crippen molar-refractivity contribution in [2.24, 2.45) is 4.99 Å². The molecule has 31 heavy (non-hydrogen) atoms. The summed E-state index contributed by atoms with van der Waals surface area (Å²) in [4.78, 5) is 41.7. The number of benzene rings is 2. The van der Waals surface area contributed by atoms with Crippen LogP contribution in [0.5, 0.6) is 0 Å². The number of amides is 1. The van der Waals surface area contributed by atoms with Gasteiger partial charge in [-0.3, -0.25) is 14.5 Å². The Morgan fingerprint density at radius 2 is 1.94 bits per heavy atom. The molecule has 1 aliphatic rings. The fraction of sp³-hybridized carbons (Fsp3) is 0.273. The summed E-state index contributed by atoms with van der Waals surface area (Å²) in [5.74, 6) is -2.31. The number of ether oxygens (including phenoxy) is 1. The summed E-state index contributed by atoms with van der Waals surface area (Å²) >= 11 is 0.974. The van der Waals surface area contributed by atoms with Crippen molar-refractivity contribution in [2.75, 3.05) is 13.2 Å². The van der Waals surface area contributed by atoms with Crippen LogP contribution in [0, 0.1) is 5.82 Å². The number of rotatable bonds is 7. The van der Waals surface area contributed by atoms with Gasteiger partial charge in [0, 0.05) is 6.54 Å². The highest BCUT2D eigenvalue weighted by atomic mass is 32.2. The van der Waals surface area contributed by atoms with Crippen molar-refractivity contribution >= 4 is 40.5 Å². The molecule has 1 saturated heterocycles. The Kier molecular flexibility index (Phi) is 7.41. The SMILES string of the molecule is CCOC(=O)c1ccc(N=C2S[C@@H](C(=O)O)CC(=O)N2CCc2ccccc2F)cc1. The number of aliphatic carboxylic acids is 1. The summed E-state index contributed by atoms with van der Waals surface area (Å²) in [7, 11) is 0. The molecule has 162 valence electrons. The van der Waals surface area contributed by atoms with Gasteiger partial charge in [0.2, 0.25) is 5.91 Å². The minimum Gasteiger partial charge on any atom is -0.480 e. The summed E-state index contributed by atoms with van der Waals surface area (Å²) in [6.07, 6.45) is 0.0929. The van der Waals surface area contributed by atoms with Gasteiger partial charge < -0.3 is 9.84 Å². The number of hydrogen-bond acceptors (Lipinski definition) is 6. The van der Waals surface area contributed by atoms with Crippen LogP contribution in [0.4, 0.5) is 10.1 Å². The summed E-state index contributed by atoms with van der Waals surface area (Å²) in [6.45, 7) is 2.14.